The van der Waals surface area contributed by atoms with Crippen LogP contribution in [0.3, 0.4) is 0 Å². The Hall–Kier alpha value is -1.07. The lowest BCUT2D eigenvalue weighted by Crippen LogP contribution is -2.54. The lowest BCUT2D eigenvalue weighted by Gasteiger charge is -2.28. The molecule has 1 unspecified atom stereocenters. The van der Waals surface area contributed by atoms with Gasteiger partial charge in [-0.3, -0.25) is 4.79 Å². The van der Waals surface area contributed by atoms with Gasteiger partial charge in [-0.2, -0.15) is 0 Å². The molecule has 5 atom stereocenters. The number of hydrogen-bond acceptors (Lipinski definition) is 8. The molecule has 130 valence electrons. The first-order chi connectivity index (χ1) is 10.2. The average molecular weight is 321 g/mol. The Morgan fingerprint density at radius 1 is 1.00 bits per heavy atom. The van der Waals surface area contributed by atoms with Crippen LogP contribution in [-0.4, -0.2) is 88.1 Å². The fraction of sp³-hybridized carbons (Fsp3) is 0.769. The first-order valence-electron chi connectivity index (χ1n) is 6.98. The minimum absolute atomic E-state index is 0.170. The van der Waals surface area contributed by atoms with Crippen LogP contribution in [0.25, 0.3) is 0 Å². The van der Waals surface area contributed by atoms with Gasteiger partial charge in [0.1, 0.15) is 24.4 Å². The molecule has 0 rings (SSSR count). The molecule has 0 aliphatic rings. The second kappa shape index (κ2) is 10.6. The molecule has 0 aromatic rings. The standard InChI is InChI=1S/C13H27N3O6/c1-7(2)8(17)9(18)10(19)11(20)12(21)13(22)16-6-5-15-4-3-14/h8-12,15,17-21H,1,3-6,14H2,2H3,(H,16,22)/t8?,9-,10+,11-,12-/m0/s1. The maximum atomic E-state index is 11.6. The minimum atomic E-state index is -1.96. The topological polar surface area (TPSA) is 168 Å². The highest BCUT2D eigenvalue weighted by atomic mass is 16.4. The van der Waals surface area contributed by atoms with Gasteiger partial charge in [0.25, 0.3) is 5.91 Å². The summed E-state index contributed by atoms with van der Waals surface area (Å²) in [6.45, 7) is 6.46. The summed E-state index contributed by atoms with van der Waals surface area (Å²) in [7, 11) is 0. The molecule has 0 bridgehead atoms. The summed E-state index contributed by atoms with van der Waals surface area (Å²) < 4.78 is 0. The molecule has 9 N–H and O–H groups in total. The number of rotatable bonds is 11. The van der Waals surface area contributed by atoms with Crippen molar-refractivity contribution in [3.8, 4) is 0 Å². The van der Waals surface area contributed by atoms with Gasteiger partial charge in [-0.1, -0.05) is 6.58 Å². The van der Waals surface area contributed by atoms with Crippen molar-refractivity contribution in [1.29, 1.82) is 0 Å². The smallest absolute Gasteiger partial charge is 0.251 e. The highest BCUT2D eigenvalue weighted by Crippen LogP contribution is 2.12. The normalized spacial score (nSPS) is 18.1. The van der Waals surface area contributed by atoms with E-state index in [-0.39, 0.29) is 12.1 Å². The predicted molar refractivity (Wildman–Crippen MR) is 79.8 cm³/mol. The fourth-order valence-electron chi connectivity index (χ4n) is 1.63. The number of nitrogens with one attached hydrogen (secondary N) is 2. The van der Waals surface area contributed by atoms with E-state index in [9.17, 15) is 30.3 Å². The predicted octanol–water partition coefficient (Wildman–Crippen LogP) is -3.97. The van der Waals surface area contributed by atoms with E-state index in [1.807, 2.05) is 0 Å². The van der Waals surface area contributed by atoms with Crippen LogP contribution >= 0.6 is 0 Å². The summed E-state index contributed by atoms with van der Waals surface area (Å²) in [6.07, 6.45) is -9.08. The Labute approximate surface area is 129 Å². The first-order valence-corrected chi connectivity index (χ1v) is 6.98. The highest BCUT2D eigenvalue weighted by Gasteiger charge is 2.37. The lowest BCUT2D eigenvalue weighted by molar-refractivity contribution is -0.152. The van der Waals surface area contributed by atoms with Crippen molar-refractivity contribution in [2.24, 2.45) is 5.73 Å². The van der Waals surface area contributed by atoms with Gasteiger partial charge in [-0.25, -0.2) is 0 Å². The Balaban J connectivity index is 4.35. The molecule has 9 nitrogen and oxygen atoms in total. The van der Waals surface area contributed by atoms with Gasteiger partial charge in [-0.05, 0) is 12.5 Å². The maximum Gasteiger partial charge on any atom is 0.251 e. The Morgan fingerprint density at radius 2 is 1.55 bits per heavy atom. The van der Waals surface area contributed by atoms with Crippen molar-refractivity contribution in [3.05, 3.63) is 12.2 Å². The maximum absolute atomic E-state index is 11.6. The monoisotopic (exact) mass is 321 g/mol. The van der Waals surface area contributed by atoms with Crippen molar-refractivity contribution in [2.75, 3.05) is 26.2 Å². The van der Waals surface area contributed by atoms with Gasteiger partial charge in [0, 0.05) is 26.2 Å². The SMILES string of the molecule is C=C(C)C(O)[C@H](O)[C@@H](O)[C@H](O)[C@H](O)C(=O)NCCNCCN. The quantitative estimate of drug-likeness (QED) is 0.141. The third-order valence-electron chi connectivity index (χ3n) is 3.04. The van der Waals surface area contributed by atoms with Gasteiger partial charge in [0.15, 0.2) is 6.10 Å². The summed E-state index contributed by atoms with van der Waals surface area (Å²) in [6, 6.07) is 0. The zero-order valence-electron chi connectivity index (χ0n) is 12.6. The van der Waals surface area contributed by atoms with Crippen LogP contribution in [0.4, 0.5) is 0 Å². The lowest BCUT2D eigenvalue weighted by atomic mass is 9.96. The van der Waals surface area contributed by atoms with Crippen LogP contribution in [0.15, 0.2) is 12.2 Å². The van der Waals surface area contributed by atoms with E-state index < -0.39 is 36.4 Å². The van der Waals surface area contributed by atoms with Crippen molar-refractivity contribution in [3.63, 3.8) is 0 Å². The van der Waals surface area contributed by atoms with Gasteiger partial charge in [-0.15, -0.1) is 0 Å². The number of carbonyl (C=O) groups excluding carboxylic acids is 1. The minimum Gasteiger partial charge on any atom is -0.387 e. The summed E-state index contributed by atoms with van der Waals surface area (Å²) in [5.41, 5.74) is 5.43. The summed E-state index contributed by atoms with van der Waals surface area (Å²) in [4.78, 5) is 11.6. The average Bonchev–Trinajstić information content (AvgIpc) is 2.50. The second-order valence-corrected chi connectivity index (χ2v) is 5.04. The molecule has 0 aromatic carbocycles. The Morgan fingerprint density at radius 3 is 2.05 bits per heavy atom. The highest BCUT2D eigenvalue weighted by molar-refractivity contribution is 5.81. The number of nitrogens with two attached hydrogens (primary N) is 1. The number of amides is 1. The van der Waals surface area contributed by atoms with E-state index >= 15 is 0 Å². The third kappa shape index (κ3) is 6.79. The molecule has 0 saturated carbocycles. The second-order valence-electron chi connectivity index (χ2n) is 5.04. The molecule has 0 heterocycles. The van der Waals surface area contributed by atoms with Gasteiger partial charge < -0.3 is 41.9 Å². The molecule has 0 aromatic heterocycles. The molecule has 9 heteroatoms. The van der Waals surface area contributed by atoms with Crippen LogP contribution < -0.4 is 16.4 Å². The van der Waals surface area contributed by atoms with Crippen molar-refractivity contribution in [1.82, 2.24) is 10.6 Å². The summed E-state index contributed by atoms with van der Waals surface area (Å²) in [5, 5.41) is 53.5. The zero-order chi connectivity index (χ0) is 17.3. The van der Waals surface area contributed by atoms with Crippen LogP contribution in [0.1, 0.15) is 6.92 Å². The van der Waals surface area contributed by atoms with Crippen molar-refractivity contribution >= 4 is 5.91 Å². The van der Waals surface area contributed by atoms with Gasteiger partial charge >= 0.3 is 0 Å². The molecule has 0 fully saturated rings. The number of hydrogen-bond donors (Lipinski definition) is 8. The largest absolute Gasteiger partial charge is 0.387 e. The van der Waals surface area contributed by atoms with E-state index in [2.05, 4.69) is 17.2 Å². The van der Waals surface area contributed by atoms with E-state index in [1.54, 1.807) is 0 Å². The van der Waals surface area contributed by atoms with E-state index in [4.69, 9.17) is 5.73 Å². The first kappa shape index (κ1) is 20.9. The van der Waals surface area contributed by atoms with E-state index in [0.29, 0.717) is 19.6 Å². The third-order valence-corrected chi connectivity index (χ3v) is 3.04. The van der Waals surface area contributed by atoms with Gasteiger partial charge in [0.05, 0.1) is 0 Å². The van der Waals surface area contributed by atoms with Crippen molar-refractivity contribution in [2.45, 2.75) is 37.4 Å². The van der Waals surface area contributed by atoms with Crippen molar-refractivity contribution < 1.29 is 30.3 Å². The van der Waals surface area contributed by atoms with Crippen LogP contribution in [0, 0.1) is 0 Å². The van der Waals surface area contributed by atoms with Gasteiger partial charge in [0.2, 0.25) is 0 Å². The zero-order valence-corrected chi connectivity index (χ0v) is 12.6. The Bertz CT molecular complexity index is 355. The summed E-state index contributed by atoms with van der Waals surface area (Å²) in [5.74, 6) is -0.905. The molecular weight excluding hydrogens is 294 g/mol. The number of aliphatic hydroxyl groups is 5. The van der Waals surface area contributed by atoms with Crippen LogP contribution in [0.2, 0.25) is 0 Å². The molecule has 0 spiro atoms. The number of carbonyl (C=O) groups is 1. The number of aliphatic hydroxyl groups excluding tert-OH is 5. The molecule has 0 aliphatic heterocycles. The molecule has 1 amide bonds. The van der Waals surface area contributed by atoms with E-state index in [0.717, 1.165) is 0 Å². The van der Waals surface area contributed by atoms with Crippen LogP contribution in [0.5, 0.6) is 0 Å². The van der Waals surface area contributed by atoms with E-state index in [1.165, 1.54) is 6.92 Å². The summed E-state index contributed by atoms with van der Waals surface area (Å²) >= 11 is 0. The molecule has 0 saturated heterocycles. The van der Waals surface area contributed by atoms with Crippen LogP contribution in [-0.2, 0) is 4.79 Å². The molecular formula is C13H27N3O6. The molecule has 0 radical (unpaired) electrons. The molecule has 0 aliphatic carbocycles. The Kier molecular flexibility index (Phi) is 10.1. The fourth-order valence-corrected chi connectivity index (χ4v) is 1.63. The molecule has 22 heavy (non-hydrogen) atoms.